The predicted octanol–water partition coefficient (Wildman–Crippen LogP) is 2.68. The van der Waals surface area contributed by atoms with Crippen LogP contribution in [0.4, 0.5) is 4.79 Å². The number of alkyl carbamates (subject to hydrolysis) is 1. The summed E-state index contributed by atoms with van der Waals surface area (Å²) in [5.74, 6) is 0.834. The van der Waals surface area contributed by atoms with Gasteiger partial charge in [0.25, 0.3) is 0 Å². The number of amides is 1. The molecule has 2 rings (SSSR count). The molecule has 1 amide bonds. The summed E-state index contributed by atoms with van der Waals surface area (Å²) >= 11 is 0. The van der Waals surface area contributed by atoms with Crippen LogP contribution in [0.3, 0.4) is 0 Å². The number of cyclic esters (lactones) is 1. The third kappa shape index (κ3) is 3.53. The highest BCUT2D eigenvalue weighted by Crippen LogP contribution is 2.23. The minimum Gasteiger partial charge on any atom is -0.494 e. The monoisotopic (exact) mass is 257 g/mol. The molecule has 1 atom stereocenters. The zero-order valence-corrected chi connectivity index (χ0v) is 10.5. The number of rotatable bonds is 3. The lowest BCUT2D eigenvalue weighted by Crippen LogP contribution is -2.35. The summed E-state index contributed by atoms with van der Waals surface area (Å²) in [6, 6.07) is 7.82. The van der Waals surface area contributed by atoms with Crippen LogP contribution in [0.2, 0.25) is 0 Å². The number of halogens is 1. The van der Waals surface area contributed by atoms with Gasteiger partial charge < -0.3 is 14.8 Å². The number of carbonyl (C=O) groups excluding carboxylic acids is 1. The van der Waals surface area contributed by atoms with Gasteiger partial charge in [0.15, 0.2) is 0 Å². The molecule has 1 saturated heterocycles. The van der Waals surface area contributed by atoms with E-state index in [-0.39, 0.29) is 24.5 Å². The fourth-order valence-electron chi connectivity index (χ4n) is 1.76. The Morgan fingerprint density at radius 2 is 2.35 bits per heavy atom. The van der Waals surface area contributed by atoms with E-state index in [4.69, 9.17) is 9.47 Å². The van der Waals surface area contributed by atoms with Crippen molar-refractivity contribution in [1.29, 1.82) is 0 Å². The zero-order chi connectivity index (χ0) is 11.4. The van der Waals surface area contributed by atoms with Gasteiger partial charge >= 0.3 is 6.09 Å². The molecular weight excluding hydrogens is 242 g/mol. The quantitative estimate of drug-likeness (QED) is 0.906. The van der Waals surface area contributed by atoms with Crippen molar-refractivity contribution in [3.8, 4) is 5.75 Å². The van der Waals surface area contributed by atoms with E-state index in [0.717, 1.165) is 17.7 Å². The molecule has 1 aliphatic heterocycles. The van der Waals surface area contributed by atoms with Crippen molar-refractivity contribution in [2.75, 3.05) is 13.2 Å². The smallest absolute Gasteiger partial charge is 0.407 e. The Balaban J connectivity index is 0.00000144. The van der Waals surface area contributed by atoms with Gasteiger partial charge in [-0.1, -0.05) is 12.1 Å². The van der Waals surface area contributed by atoms with Crippen molar-refractivity contribution >= 4 is 18.5 Å². The molecule has 1 aliphatic rings. The van der Waals surface area contributed by atoms with Gasteiger partial charge in [0, 0.05) is 6.42 Å². The van der Waals surface area contributed by atoms with E-state index >= 15 is 0 Å². The summed E-state index contributed by atoms with van der Waals surface area (Å²) in [4.78, 5) is 11.1. The SMILES string of the molecule is CCOc1cccc([C@H]2CCOC(=O)N2)c1.Cl. The minimum atomic E-state index is -0.349. The van der Waals surface area contributed by atoms with E-state index in [1.54, 1.807) is 0 Å². The van der Waals surface area contributed by atoms with Crippen molar-refractivity contribution in [2.24, 2.45) is 0 Å². The second kappa shape index (κ2) is 6.35. The van der Waals surface area contributed by atoms with Crippen LogP contribution in [-0.4, -0.2) is 19.3 Å². The highest BCUT2D eigenvalue weighted by atomic mass is 35.5. The standard InChI is InChI=1S/C12H15NO3.ClH/c1-2-15-10-5-3-4-9(8-10)11-6-7-16-12(14)13-11;/h3-5,8,11H,2,6-7H2,1H3,(H,13,14);1H/t11-;/m1./s1. The first-order valence-electron chi connectivity index (χ1n) is 5.45. The zero-order valence-electron chi connectivity index (χ0n) is 9.64. The maximum Gasteiger partial charge on any atom is 0.407 e. The van der Waals surface area contributed by atoms with Crippen LogP contribution in [0.1, 0.15) is 24.9 Å². The molecule has 0 bridgehead atoms. The summed E-state index contributed by atoms with van der Waals surface area (Å²) in [6.07, 6.45) is 0.444. The summed E-state index contributed by atoms with van der Waals surface area (Å²) < 4.78 is 10.2. The Morgan fingerprint density at radius 3 is 3.06 bits per heavy atom. The van der Waals surface area contributed by atoms with E-state index in [0.29, 0.717) is 13.2 Å². The average molecular weight is 258 g/mol. The molecule has 0 saturated carbocycles. The van der Waals surface area contributed by atoms with Crippen LogP contribution in [0.5, 0.6) is 5.75 Å². The van der Waals surface area contributed by atoms with Crippen LogP contribution < -0.4 is 10.1 Å². The second-order valence-corrected chi connectivity index (χ2v) is 3.63. The maximum absolute atomic E-state index is 11.1. The topological polar surface area (TPSA) is 47.6 Å². The van der Waals surface area contributed by atoms with Crippen LogP contribution in [0, 0.1) is 0 Å². The Labute approximate surface area is 107 Å². The maximum atomic E-state index is 11.1. The minimum absolute atomic E-state index is 0. The van der Waals surface area contributed by atoms with E-state index in [1.807, 2.05) is 31.2 Å². The normalized spacial score (nSPS) is 18.6. The molecular formula is C12H16ClNO3. The second-order valence-electron chi connectivity index (χ2n) is 3.63. The molecule has 0 spiro atoms. The van der Waals surface area contributed by atoms with Gasteiger partial charge in [-0.3, -0.25) is 0 Å². The van der Waals surface area contributed by atoms with Crippen LogP contribution in [-0.2, 0) is 4.74 Å². The van der Waals surface area contributed by atoms with Crippen molar-refractivity contribution in [2.45, 2.75) is 19.4 Å². The molecule has 0 aromatic heterocycles. The molecule has 94 valence electrons. The Morgan fingerprint density at radius 1 is 1.53 bits per heavy atom. The Kier molecular flexibility index (Phi) is 5.10. The van der Waals surface area contributed by atoms with Gasteiger partial charge in [0.05, 0.1) is 19.3 Å². The third-order valence-corrected chi connectivity index (χ3v) is 2.50. The molecule has 0 radical (unpaired) electrons. The molecule has 4 nitrogen and oxygen atoms in total. The molecule has 1 aromatic rings. The van der Waals surface area contributed by atoms with Crippen LogP contribution in [0.25, 0.3) is 0 Å². The van der Waals surface area contributed by atoms with Gasteiger partial charge in [-0.15, -0.1) is 12.4 Å². The van der Waals surface area contributed by atoms with Gasteiger partial charge in [-0.05, 0) is 24.6 Å². The van der Waals surface area contributed by atoms with E-state index in [9.17, 15) is 4.79 Å². The number of nitrogens with one attached hydrogen (secondary N) is 1. The van der Waals surface area contributed by atoms with Crippen LogP contribution >= 0.6 is 12.4 Å². The lowest BCUT2D eigenvalue weighted by molar-refractivity contribution is 0.115. The largest absolute Gasteiger partial charge is 0.494 e. The lowest BCUT2D eigenvalue weighted by Gasteiger charge is -2.23. The summed E-state index contributed by atoms with van der Waals surface area (Å²) in [6.45, 7) is 3.06. The average Bonchev–Trinajstić information content (AvgIpc) is 2.30. The number of ether oxygens (including phenoxy) is 2. The number of hydrogen-bond donors (Lipinski definition) is 1. The highest BCUT2D eigenvalue weighted by molar-refractivity contribution is 5.85. The van der Waals surface area contributed by atoms with Gasteiger partial charge in [-0.2, -0.15) is 0 Å². The van der Waals surface area contributed by atoms with Gasteiger partial charge in [0.1, 0.15) is 5.75 Å². The number of carbonyl (C=O) groups is 1. The predicted molar refractivity (Wildman–Crippen MR) is 66.7 cm³/mol. The van der Waals surface area contributed by atoms with Crippen molar-refractivity contribution < 1.29 is 14.3 Å². The Bertz CT molecular complexity index is 384. The lowest BCUT2D eigenvalue weighted by atomic mass is 10.0. The molecule has 1 fully saturated rings. The summed E-state index contributed by atoms with van der Waals surface area (Å²) in [5.41, 5.74) is 1.06. The van der Waals surface area contributed by atoms with E-state index in [1.165, 1.54) is 0 Å². The highest BCUT2D eigenvalue weighted by Gasteiger charge is 2.20. The first kappa shape index (κ1) is 13.6. The molecule has 17 heavy (non-hydrogen) atoms. The van der Waals surface area contributed by atoms with E-state index < -0.39 is 0 Å². The molecule has 1 heterocycles. The fraction of sp³-hybridized carbons (Fsp3) is 0.417. The van der Waals surface area contributed by atoms with Gasteiger partial charge in [-0.25, -0.2) is 4.79 Å². The molecule has 1 aromatic carbocycles. The fourth-order valence-corrected chi connectivity index (χ4v) is 1.76. The molecule has 0 unspecified atom stereocenters. The third-order valence-electron chi connectivity index (χ3n) is 2.50. The summed E-state index contributed by atoms with van der Waals surface area (Å²) in [7, 11) is 0. The molecule has 0 aliphatic carbocycles. The van der Waals surface area contributed by atoms with E-state index in [2.05, 4.69) is 5.32 Å². The van der Waals surface area contributed by atoms with Gasteiger partial charge in [0.2, 0.25) is 0 Å². The number of hydrogen-bond acceptors (Lipinski definition) is 3. The number of benzene rings is 1. The first-order valence-corrected chi connectivity index (χ1v) is 5.45. The first-order chi connectivity index (χ1) is 7.79. The molecule has 1 N–H and O–H groups in total. The van der Waals surface area contributed by atoms with Crippen molar-refractivity contribution in [1.82, 2.24) is 5.32 Å². The van der Waals surface area contributed by atoms with Crippen LogP contribution in [0.15, 0.2) is 24.3 Å². The molecule has 5 heteroatoms. The Hall–Kier alpha value is -1.42. The summed E-state index contributed by atoms with van der Waals surface area (Å²) in [5, 5.41) is 2.79. The van der Waals surface area contributed by atoms with Crippen molar-refractivity contribution in [3.63, 3.8) is 0 Å². The van der Waals surface area contributed by atoms with Crippen molar-refractivity contribution in [3.05, 3.63) is 29.8 Å².